The van der Waals surface area contributed by atoms with Gasteiger partial charge in [-0.1, -0.05) is 73.0 Å². The molecule has 0 heterocycles. The van der Waals surface area contributed by atoms with Crippen LogP contribution in [0.3, 0.4) is 0 Å². The second-order valence-electron chi connectivity index (χ2n) is 12.3. The van der Waals surface area contributed by atoms with Crippen molar-refractivity contribution in [2.75, 3.05) is 24.6 Å². The number of ether oxygens (including phenoxy) is 2. The first-order valence-corrected chi connectivity index (χ1v) is 18.2. The van der Waals surface area contributed by atoms with Crippen molar-refractivity contribution >= 4 is 27.5 Å². The monoisotopic (exact) mass is 683 g/mol. The number of methoxy groups -OCH3 is 1. The molecule has 5 rings (SSSR count). The number of hydrogen-bond acceptors (Lipinski definition) is 6. The van der Waals surface area contributed by atoms with E-state index in [0.29, 0.717) is 23.8 Å². The van der Waals surface area contributed by atoms with Crippen LogP contribution >= 0.6 is 0 Å². The lowest BCUT2D eigenvalue weighted by atomic mass is 10.0. The molecule has 1 N–H and O–H groups in total. The largest absolute Gasteiger partial charge is 0.497 e. The summed E-state index contributed by atoms with van der Waals surface area (Å²) in [6.07, 6.45) is 4.10. The highest BCUT2D eigenvalue weighted by Crippen LogP contribution is 2.27. The van der Waals surface area contributed by atoms with Crippen molar-refractivity contribution < 1.29 is 27.5 Å². The van der Waals surface area contributed by atoms with Gasteiger partial charge in [-0.05, 0) is 86.3 Å². The topological polar surface area (TPSA) is 105 Å². The maximum atomic E-state index is 14.7. The van der Waals surface area contributed by atoms with Crippen molar-refractivity contribution in [3.05, 3.63) is 120 Å². The molecule has 0 saturated heterocycles. The van der Waals surface area contributed by atoms with Gasteiger partial charge in [0.2, 0.25) is 11.8 Å². The predicted octanol–water partition coefficient (Wildman–Crippen LogP) is 6.30. The van der Waals surface area contributed by atoms with Gasteiger partial charge in [0.15, 0.2) is 0 Å². The van der Waals surface area contributed by atoms with Gasteiger partial charge in [0.25, 0.3) is 10.0 Å². The lowest BCUT2D eigenvalue weighted by Gasteiger charge is -2.34. The summed E-state index contributed by atoms with van der Waals surface area (Å²) in [7, 11) is -2.65. The molecule has 1 aliphatic rings. The van der Waals surface area contributed by atoms with Crippen LogP contribution in [0.5, 0.6) is 11.5 Å². The number of benzene rings is 4. The number of sulfonamides is 1. The van der Waals surface area contributed by atoms with E-state index < -0.39 is 28.5 Å². The molecule has 0 unspecified atom stereocenters. The summed E-state index contributed by atoms with van der Waals surface area (Å²) >= 11 is 0. The third-order valence-corrected chi connectivity index (χ3v) is 10.6. The number of amides is 2. The van der Waals surface area contributed by atoms with Gasteiger partial charge in [-0.25, -0.2) is 8.42 Å². The average molecular weight is 684 g/mol. The van der Waals surface area contributed by atoms with Crippen molar-refractivity contribution in [2.24, 2.45) is 0 Å². The fourth-order valence-corrected chi connectivity index (χ4v) is 7.54. The summed E-state index contributed by atoms with van der Waals surface area (Å²) in [5, 5.41) is 3.20. The van der Waals surface area contributed by atoms with Crippen LogP contribution in [-0.2, 0) is 32.6 Å². The Morgan fingerprint density at radius 3 is 2.18 bits per heavy atom. The molecule has 4 aromatic carbocycles. The van der Waals surface area contributed by atoms with Gasteiger partial charge in [0.05, 0.1) is 24.3 Å². The highest BCUT2D eigenvalue weighted by atomic mass is 32.2. The SMILES string of the molecule is CCOc1ccc(S(=O)(=O)N(CC(=O)N(Cc2cccc(OC)c2)[C@H](Cc2ccccc2)C(=O)NC2CCCC2)c2ccc(C)cc2)cc1. The Morgan fingerprint density at radius 2 is 1.53 bits per heavy atom. The molecule has 1 fully saturated rings. The Morgan fingerprint density at radius 1 is 0.857 bits per heavy atom. The summed E-state index contributed by atoms with van der Waals surface area (Å²) in [6.45, 7) is 3.75. The molecule has 0 spiro atoms. The highest BCUT2D eigenvalue weighted by molar-refractivity contribution is 7.92. The molecule has 9 nitrogen and oxygen atoms in total. The zero-order valence-electron chi connectivity index (χ0n) is 28.4. The zero-order valence-corrected chi connectivity index (χ0v) is 29.2. The van der Waals surface area contributed by atoms with Crippen molar-refractivity contribution in [1.82, 2.24) is 10.2 Å². The molecule has 1 atom stereocenters. The van der Waals surface area contributed by atoms with Crippen molar-refractivity contribution in [3.63, 3.8) is 0 Å². The summed E-state index contributed by atoms with van der Waals surface area (Å²) in [6, 6.07) is 29.2. The number of hydrogen-bond donors (Lipinski definition) is 1. The van der Waals surface area contributed by atoms with Crippen LogP contribution in [0.1, 0.15) is 49.3 Å². The standard InChI is InChI=1S/C39H45N3O6S/c1-4-48-34-21-23-36(24-22-34)49(45,46)42(33-19-17-29(2)18-20-33)28-38(43)41(27-31-13-10-16-35(25-31)47-3)37(26-30-11-6-5-7-12-30)39(44)40-32-14-8-9-15-32/h5-7,10-13,16-25,32,37H,4,8-9,14-15,26-28H2,1-3H3,(H,40,44)/t37-/m1/s1. The molecule has 10 heteroatoms. The van der Waals surface area contributed by atoms with Gasteiger partial charge in [0.1, 0.15) is 24.1 Å². The van der Waals surface area contributed by atoms with Crippen molar-refractivity contribution in [3.8, 4) is 11.5 Å². The molecule has 1 aliphatic carbocycles. The fraction of sp³-hybridized carbons (Fsp3) is 0.333. The third kappa shape index (κ3) is 9.20. The van der Waals surface area contributed by atoms with E-state index in [-0.39, 0.29) is 29.8 Å². The zero-order chi connectivity index (χ0) is 34.8. The van der Waals surface area contributed by atoms with E-state index in [1.54, 1.807) is 31.4 Å². The quantitative estimate of drug-likeness (QED) is 0.158. The number of aryl methyl sites for hydroxylation is 1. The lowest BCUT2D eigenvalue weighted by Crippen LogP contribution is -2.54. The first-order valence-electron chi connectivity index (χ1n) is 16.8. The lowest BCUT2D eigenvalue weighted by molar-refractivity contribution is -0.140. The average Bonchev–Trinajstić information content (AvgIpc) is 3.63. The maximum absolute atomic E-state index is 14.7. The van der Waals surface area contributed by atoms with Crippen LogP contribution in [0, 0.1) is 6.92 Å². The van der Waals surface area contributed by atoms with Gasteiger partial charge in [-0.15, -0.1) is 0 Å². The van der Waals surface area contributed by atoms with E-state index in [1.165, 1.54) is 17.0 Å². The van der Waals surface area contributed by atoms with Gasteiger partial charge >= 0.3 is 0 Å². The summed E-state index contributed by atoms with van der Waals surface area (Å²) in [4.78, 5) is 30.5. The predicted molar refractivity (Wildman–Crippen MR) is 191 cm³/mol. The number of rotatable bonds is 15. The molecule has 0 bridgehead atoms. The molecule has 258 valence electrons. The van der Waals surface area contributed by atoms with Gasteiger partial charge in [-0.2, -0.15) is 0 Å². The first kappa shape index (κ1) is 35.5. The second-order valence-corrected chi connectivity index (χ2v) is 14.2. The Hall–Kier alpha value is -4.83. The minimum Gasteiger partial charge on any atom is -0.497 e. The summed E-state index contributed by atoms with van der Waals surface area (Å²) < 4.78 is 40.8. The van der Waals surface area contributed by atoms with E-state index in [0.717, 1.165) is 46.7 Å². The Kier molecular flexibility index (Phi) is 12.0. The number of nitrogens with one attached hydrogen (secondary N) is 1. The van der Waals surface area contributed by atoms with Gasteiger partial charge in [-0.3, -0.25) is 13.9 Å². The molecule has 1 saturated carbocycles. The molecule has 0 aromatic heterocycles. The number of anilines is 1. The Balaban J connectivity index is 1.56. The molecular weight excluding hydrogens is 639 g/mol. The van der Waals surface area contributed by atoms with Crippen LogP contribution in [-0.4, -0.2) is 57.5 Å². The summed E-state index contributed by atoms with van der Waals surface area (Å²) in [5.41, 5.74) is 2.91. The van der Waals surface area contributed by atoms with E-state index in [9.17, 15) is 18.0 Å². The molecule has 0 aliphatic heterocycles. The fourth-order valence-electron chi connectivity index (χ4n) is 6.13. The number of nitrogens with zero attached hydrogens (tertiary/aromatic N) is 2. The molecule has 4 aromatic rings. The highest BCUT2D eigenvalue weighted by Gasteiger charge is 2.35. The Bertz CT molecular complexity index is 1790. The maximum Gasteiger partial charge on any atom is 0.264 e. The van der Waals surface area contributed by atoms with Crippen molar-refractivity contribution in [1.29, 1.82) is 0 Å². The third-order valence-electron chi connectivity index (χ3n) is 8.78. The minimum absolute atomic E-state index is 0.0171. The van der Waals surface area contributed by atoms with Crippen molar-refractivity contribution in [2.45, 2.75) is 69.5 Å². The Labute approximate surface area is 289 Å². The van der Waals surface area contributed by atoms with Gasteiger partial charge in [0, 0.05) is 19.0 Å². The van der Waals surface area contributed by atoms with Crippen LogP contribution in [0.4, 0.5) is 5.69 Å². The molecule has 49 heavy (non-hydrogen) atoms. The smallest absolute Gasteiger partial charge is 0.264 e. The van der Waals surface area contributed by atoms with E-state index in [4.69, 9.17) is 9.47 Å². The number of carbonyl (C=O) groups is 2. The molecule has 2 amide bonds. The van der Waals surface area contributed by atoms with Crippen LogP contribution in [0.25, 0.3) is 0 Å². The first-order chi connectivity index (χ1) is 23.7. The summed E-state index contributed by atoms with van der Waals surface area (Å²) in [5.74, 6) is 0.379. The second kappa shape index (κ2) is 16.5. The van der Waals surface area contributed by atoms with E-state index >= 15 is 0 Å². The molecular formula is C39H45N3O6S. The van der Waals surface area contributed by atoms with Gasteiger partial charge < -0.3 is 19.7 Å². The normalized spacial score (nSPS) is 13.8. The number of carbonyl (C=O) groups excluding carboxylic acids is 2. The van der Waals surface area contributed by atoms with E-state index in [1.807, 2.05) is 80.6 Å². The van der Waals surface area contributed by atoms with Crippen LogP contribution < -0.4 is 19.1 Å². The molecule has 0 radical (unpaired) electrons. The minimum atomic E-state index is -4.22. The van der Waals surface area contributed by atoms with E-state index in [2.05, 4.69) is 5.32 Å². The van der Waals surface area contributed by atoms with Crippen LogP contribution in [0.15, 0.2) is 108 Å². The van der Waals surface area contributed by atoms with Crippen LogP contribution in [0.2, 0.25) is 0 Å².